The number of anilines is 1. The molecule has 0 aromatic heterocycles. The zero-order valence-corrected chi connectivity index (χ0v) is 17.3. The number of carboxylic acids is 1. The number of hydrogen-bond donors (Lipinski definition) is 1. The normalized spacial score (nSPS) is 14.4. The Morgan fingerprint density at radius 3 is 2.33 bits per heavy atom. The second-order valence-corrected chi connectivity index (χ2v) is 7.19. The van der Waals surface area contributed by atoms with Gasteiger partial charge in [0, 0.05) is 44.7 Å². The molecule has 1 aliphatic heterocycles. The maximum absolute atomic E-state index is 11.9. The Kier molecular flexibility index (Phi) is 7.68. The lowest BCUT2D eigenvalue weighted by molar-refractivity contribution is -0.136. The molecule has 0 saturated carbocycles. The first-order valence-corrected chi connectivity index (χ1v) is 10.1. The highest BCUT2D eigenvalue weighted by Crippen LogP contribution is 2.28. The Bertz CT molecular complexity index is 845. The van der Waals surface area contributed by atoms with Gasteiger partial charge in [0.15, 0.2) is 5.78 Å². The highest BCUT2D eigenvalue weighted by Gasteiger charge is 2.19. The molecule has 0 aliphatic carbocycles. The molecule has 0 spiro atoms. The van der Waals surface area contributed by atoms with Crippen LogP contribution in [0, 0.1) is 0 Å². The van der Waals surface area contributed by atoms with Crippen molar-refractivity contribution in [1.29, 1.82) is 0 Å². The van der Waals surface area contributed by atoms with E-state index in [4.69, 9.17) is 14.6 Å². The van der Waals surface area contributed by atoms with Gasteiger partial charge in [-0.3, -0.25) is 14.5 Å². The molecule has 1 saturated heterocycles. The Labute approximate surface area is 176 Å². The lowest BCUT2D eigenvalue weighted by Crippen LogP contribution is -2.47. The molecule has 0 unspecified atom stereocenters. The molecule has 0 atom stereocenters. The predicted molar refractivity (Wildman–Crippen MR) is 115 cm³/mol. The van der Waals surface area contributed by atoms with Crippen LogP contribution < -0.4 is 14.4 Å². The first kappa shape index (κ1) is 21.6. The van der Waals surface area contributed by atoms with Crippen LogP contribution in [-0.2, 0) is 4.79 Å². The highest BCUT2D eigenvalue weighted by molar-refractivity contribution is 5.97. The fourth-order valence-electron chi connectivity index (χ4n) is 3.50. The topological polar surface area (TPSA) is 79.3 Å². The summed E-state index contributed by atoms with van der Waals surface area (Å²) in [6, 6.07) is 15.0. The van der Waals surface area contributed by atoms with Gasteiger partial charge in [0.2, 0.25) is 0 Å². The van der Waals surface area contributed by atoms with Crippen molar-refractivity contribution in [3.63, 3.8) is 0 Å². The summed E-state index contributed by atoms with van der Waals surface area (Å²) in [5.41, 5.74) is 1.64. The summed E-state index contributed by atoms with van der Waals surface area (Å²) >= 11 is 0. The van der Waals surface area contributed by atoms with Crippen LogP contribution >= 0.6 is 0 Å². The average Bonchev–Trinajstić information content (AvgIpc) is 2.78. The van der Waals surface area contributed by atoms with E-state index < -0.39 is 5.97 Å². The van der Waals surface area contributed by atoms with Gasteiger partial charge in [-0.05, 0) is 36.4 Å². The third-order valence-corrected chi connectivity index (χ3v) is 5.22. The van der Waals surface area contributed by atoms with Crippen LogP contribution in [0.5, 0.6) is 11.5 Å². The molecule has 1 heterocycles. The van der Waals surface area contributed by atoms with Gasteiger partial charge >= 0.3 is 5.97 Å². The maximum Gasteiger partial charge on any atom is 0.303 e. The zero-order chi connectivity index (χ0) is 21.3. The number of benzene rings is 2. The van der Waals surface area contributed by atoms with Crippen molar-refractivity contribution < 1.29 is 24.2 Å². The molecule has 2 aromatic carbocycles. The lowest BCUT2D eigenvalue weighted by atomic mass is 10.1. The van der Waals surface area contributed by atoms with E-state index in [0.29, 0.717) is 17.9 Å². The Hall–Kier alpha value is -3.06. The van der Waals surface area contributed by atoms with Crippen LogP contribution in [0.25, 0.3) is 0 Å². The van der Waals surface area contributed by atoms with E-state index in [0.717, 1.165) is 44.2 Å². The Morgan fingerprint density at radius 1 is 0.967 bits per heavy atom. The molecular weight excluding hydrogens is 384 g/mol. The molecule has 3 rings (SSSR count). The van der Waals surface area contributed by atoms with Gasteiger partial charge in [0.05, 0.1) is 19.2 Å². The molecule has 0 radical (unpaired) electrons. The molecule has 7 heteroatoms. The van der Waals surface area contributed by atoms with Gasteiger partial charge in [-0.2, -0.15) is 0 Å². The van der Waals surface area contributed by atoms with Crippen molar-refractivity contribution in [2.75, 3.05) is 51.3 Å². The van der Waals surface area contributed by atoms with Crippen LogP contribution in [0.15, 0.2) is 48.5 Å². The van der Waals surface area contributed by atoms with Crippen molar-refractivity contribution in [3.8, 4) is 11.5 Å². The monoisotopic (exact) mass is 412 g/mol. The smallest absolute Gasteiger partial charge is 0.303 e. The minimum absolute atomic E-state index is 0.0103. The summed E-state index contributed by atoms with van der Waals surface area (Å²) in [4.78, 5) is 27.2. The summed E-state index contributed by atoms with van der Waals surface area (Å²) in [6.45, 7) is 5.19. The molecule has 2 aromatic rings. The van der Waals surface area contributed by atoms with E-state index in [1.165, 1.54) is 0 Å². The summed E-state index contributed by atoms with van der Waals surface area (Å²) in [7, 11) is 1.70. The molecule has 7 nitrogen and oxygen atoms in total. The molecule has 30 heavy (non-hydrogen) atoms. The fraction of sp³-hybridized carbons (Fsp3) is 0.391. The molecule has 1 fully saturated rings. The van der Waals surface area contributed by atoms with Crippen molar-refractivity contribution in [2.45, 2.75) is 12.8 Å². The minimum Gasteiger partial charge on any atom is -0.495 e. The summed E-state index contributed by atoms with van der Waals surface area (Å²) in [5.74, 6) is 0.473. The minimum atomic E-state index is -0.966. The molecular formula is C23H28N2O5. The fourth-order valence-corrected chi connectivity index (χ4v) is 3.50. The molecule has 1 aliphatic rings. The van der Waals surface area contributed by atoms with E-state index in [9.17, 15) is 9.59 Å². The number of methoxy groups -OCH3 is 1. The number of carbonyl (C=O) groups is 2. The number of ketones is 1. The number of carboxylic acid groups (broad SMARTS) is 1. The van der Waals surface area contributed by atoms with Crippen LogP contribution in [0.1, 0.15) is 23.2 Å². The first-order valence-electron chi connectivity index (χ1n) is 10.1. The third kappa shape index (κ3) is 5.97. The quantitative estimate of drug-likeness (QED) is 0.601. The number of nitrogens with zero attached hydrogens (tertiary/aromatic N) is 2. The summed E-state index contributed by atoms with van der Waals surface area (Å²) in [6.07, 6.45) is -0.141. The van der Waals surface area contributed by atoms with Crippen LogP contribution in [0.2, 0.25) is 0 Å². The van der Waals surface area contributed by atoms with Gasteiger partial charge in [-0.25, -0.2) is 0 Å². The number of aliphatic carboxylic acids is 1. The number of ether oxygens (including phenoxy) is 2. The van der Waals surface area contributed by atoms with Crippen molar-refractivity contribution in [1.82, 2.24) is 4.90 Å². The standard InChI is InChI=1S/C23H28N2O5/c1-29-22-5-3-2-4-20(22)25-14-12-24(13-15-25)16-17-30-19-8-6-18(7-9-19)21(26)10-11-23(27)28/h2-9H,10-17H2,1H3,(H,27,28). The number of rotatable bonds is 10. The van der Waals surface area contributed by atoms with E-state index in [1.807, 2.05) is 18.2 Å². The van der Waals surface area contributed by atoms with Crippen molar-refractivity contribution >= 4 is 17.4 Å². The lowest BCUT2D eigenvalue weighted by Gasteiger charge is -2.36. The Morgan fingerprint density at radius 2 is 1.67 bits per heavy atom. The number of hydrogen-bond acceptors (Lipinski definition) is 6. The van der Waals surface area contributed by atoms with E-state index >= 15 is 0 Å². The van der Waals surface area contributed by atoms with Gasteiger partial charge < -0.3 is 19.5 Å². The summed E-state index contributed by atoms with van der Waals surface area (Å²) in [5, 5.41) is 8.67. The van der Waals surface area contributed by atoms with E-state index in [-0.39, 0.29) is 18.6 Å². The first-order chi connectivity index (χ1) is 14.6. The Balaban J connectivity index is 1.40. The molecule has 160 valence electrons. The third-order valence-electron chi connectivity index (χ3n) is 5.22. The molecule has 0 amide bonds. The van der Waals surface area contributed by atoms with Gasteiger partial charge in [0.25, 0.3) is 0 Å². The number of Topliss-reactive ketones (excluding diaryl/α,β-unsaturated/α-hetero) is 1. The SMILES string of the molecule is COc1ccccc1N1CCN(CCOc2ccc(C(=O)CCC(=O)O)cc2)CC1. The van der Waals surface area contributed by atoms with Gasteiger partial charge in [-0.1, -0.05) is 12.1 Å². The largest absolute Gasteiger partial charge is 0.495 e. The van der Waals surface area contributed by atoms with Crippen LogP contribution in [0.4, 0.5) is 5.69 Å². The molecule has 0 bridgehead atoms. The second-order valence-electron chi connectivity index (χ2n) is 7.19. The summed E-state index contributed by atoms with van der Waals surface area (Å²) < 4.78 is 11.3. The second kappa shape index (κ2) is 10.6. The average molecular weight is 412 g/mol. The van der Waals surface area contributed by atoms with Crippen LogP contribution in [-0.4, -0.2) is 68.2 Å². The highest BCUT2D eigenvalue weighted by atomic mass is 16.5. The van der Waals surface area contributed by atoms with Crippen molar-refractivity contribution in [3.05, 3.63) is 54.1 Å². The number of piperazine rings is 1. The van der Waals surface area contributed by atoms with Crippen molar-refractivity contribution in [2.24, 2.45) is 0 Å². The van der Waals surface area contributed by atoms with Crippen LogP contribution in [0.3, 0.4) is 0 Å². The predicted octanol–water partition coefficient (Wildman–Crippen LogP) is 2.94. The number of para-hydroxylation sites is 2. The molecule has 1 N–H and O–H groups in total. The van der Waals surface area contributed by atoms with E-state index in [2.05, 4.69) is 15.9 Å². The maximum atomic E-state index is 11.9. The zero-order valence-electron chi connectivity index (χ0n) is 17.3. The van der Waals surface area contributed by atoms with Gasteiger partial charge in [0.1, 0.15) is 18.1 Å². The van der Waals surface area contributed by atoms with E-state index in [1.54, 1.807) is 31.4 Å². The van der Waals surface area contributed by atoms with Gasteiger partial charge in [-0.15, -0.1) is 0 Å². The number of carbonyl (C=O) groups excluding carboxylic acids is 1.